The van der Waals surface area contributed by atoms with Crippen molar-refractivity contribution >= 4 is 27.5 Å². The molecule has 22 heavy (non-hydrogen) atoms. The molecule has 1 aliphatic rings. The predicted octanol–water partition coefficient (Wildman–Crippen LogP) is 2.28. The van der Waals surface area contributed by atoms with Crippen LogP contribution < -0.4 is 5.32 Å². The summed E-state index contributed by atoms with van der Waals surface area (Å²) in [5.41, 5.74) is -0.533. The van der Waals surface area contributed by atoms with E-state index in [0.29, 0.717) is 23.8 Å². The smallest absolute Gasteiger partial charge is 0.407 e. The number of hydrogen-bond donors (Lipinski definition) is 1. The van der Waals surface area contributed by atoms with Gasteiger partial charge in [0, 0.05) is 19.6 Å². The summed E-state index contributed by atoms with van der Waals surface area (Å²) in [5.74, 6) is 0.113. The van der Waals surface area contributed by atoms with E-state index in [0.717, 1.165) is 6.42 Å². The van der Waals surface area contributed by atoms with Gasteiger partial charge < -0.3 is 10.1 Å². The number of thiophene rings is 1. The molecule has 1 atom stereocenters. The highest BCUT2D eigenvalue weighted by molar-refractivity contribution is 7.91. The van der Waals surface area contributed by atoms with Crippen LogP contribution in [0.1, 0.15) is 27.2 Å². The van der Waals surface area contributed by atoms with Gasteiger partial charge in [-0.05, 0) is 44.6 Å². The minimum atomic E-state index is -3.39. The molecule has 0 bridgehead atoms. The van der Waals surface area contributed by atoms with Gasteiger partial charge in [-0.3, -0.25) is 0 Å². The van der Waals surface area contributed by atoms with Crippen LogP contribution >= 0.6 is 11.3 Å². The van der Waals surface area contributed by atoms with E-state index in [2.05, 4.69) is 5.32 Å². The number of hydrogen-bond acceptors (Lipinski definition) is 5. The third-order valence-electron chi connectivity index (χ3n) is 3.27. The summed E-state index contributed by atoms with van der Waals surface area (Å²) in [4.78, 5) is 11.6. The summed E-state index contributed by atoms with van der Waals surface area (Å²) in [5, 5.41) is 4.46. The summed E-state index contributed by atoms with van der Waals surface area (Å²) in [6.45, 7) is 6.74. The molecule has 0 radical (unpaired) electrons. The molecule has 0 unspecified atom stereocenters. The molecule has 0 saturated carbocycles. The van der Waals surface area contributed by atoms with Gasteiger partial charge in [-0.25, -0.2) is 13.2 Å². The second kappa shape index (κ2) is 6.55. The topological polar surface area (TPSA) is 75.7 Å². The van der Waals surface area contributed by atoms with Gasteiger partial charge in [-0.2, -0.15) is 4.31 Å². The Morgan fingerprint density at radius 3 is 2.82 bits per heavy atom. The second-order valence-corrected chi connectivity index (χ2v) is 9.45. The highest BCUT2D eigenvalue weighted by atomic mass is 32.2. The largest absolute Gasteiger partial charge is 0.444 e. The van der Waals surface area contributed by atoms with Gasteiger partial charge >= 0.3 is 6.09 Å². The lowest BCUT2D eigenvalue weighted by Gasteiger charge is -2.20. The minimum absolute atomic E-state index is 0.113. The van der Waals surface area contributed by atoms with E-state index in [1.807, 2.05) is 0 Å². The first-order valence-electron chi connectivity index (χ1n) is 7.19. The molecular formula is C14H22N2O4S2. The lowest BCUT2D eigenvalue weighted by atomic mass is 10.1. The number of carbonyl (C=O) groups excluding carboxylic acids is 1. The summed E-state index contributed by atoms with van der Waals surface area (Å²) >= 11 is 1.22. The Labute approximate surface area is 135 Å². The number of sulfonamides is 1. The predicted molar refractivity (Wildman–Crippen MR) is 85.4 cm³/mol. The van der Waals surface area contributed by atoms with Crippen molar-refractivity contribution in [3.05, 3.63) is 17.5 Å². The third kappa shape index (κ3) is 4.44. The molecule has 6 nitrogen and oxygen atoms in total. The Hall–Kier alpha value is -1.12. The van der Waals surface area contributed by atoms with Crippen molar-refractivity contribution in [2.24, 2.45) is 5.92 Å². The zero-order chi connectivity index (χ0) is 16.4. The van der Waals surface area contributed by atoms with Crippen molar-refractivity contribution in [3.63, 3.8) is 0 Å². The Balaban J connectivity index is 1.85. The van der Waals surface area contributed by atoms with Gasteiger partial charge in [0.25, 0.3) is 10.0 Å². The fourth-order valence-corrected chi connectivity index (χ4v) is 4.94. The molecule has 8 heteroatoms. The van der Waals surface area contributed by atoms with E-state index < -0.39 is 21.7 Å². The lowest BCUT2D eigenvalue weighted by Crippen LogP contribution is -2.36. The number of alkyl carbamates (subject to hydrolysis) is 1. The fourth-order valence-electron chi connectivity index (χ4n) is 2.26. The van der Waals surface area contributed by atoms with Crippen LogP contribution in [0.3, 0.4) is 0 Å². The van der Waals surface area contributed by atoms with Gasteiger partial charge in [0.05, 0.1) is 0 Å². The summed E-state index contributed by atoms with van der Waals surface area (Å²) in [6.07, 6.45) is 0.271. The van der Waals surface area contributed by atoms with Crippen LogP contribution in [0.5, 0.6) is 0 Å². The van der Waals surface area contributed by atoms with E-state index in [4.69, 9.17) is 4.74 Å². The van der Waals surface area contributed by atoms with Crippen molar-refractivity contribution in [3.8, 4) is 0 Å². The Kier molecular flexibility index (Phi) is 5.14. The molecule has 0 aromatic carbocycles. The zero-order valence-electron chi connectivity index (χ0n) is 13.0. The highest BCUT2D eigenvalue weighted by Gasteiger charge is 2.33. The maximum Gasteiger partial charge on any atom is 0.407 e. The standard InChI is InChI=1S/C14H22N2O4S2/c1-14(2,3)20-13(17)15-9-11-6-7-16(10-11)22(18,19)12-5-4-8-21-12/h4-5,8,11H,6-7,9-10H2,1-3H3,(H,15,17)/t11-/m0/s1. The SMILES string of the molecule is CC(C)(C)OC(=O)NC[C@@H]1CCN(S(=O)(=O)c2cccs2)C1. The molecule has 1 fully saturated rings. The average Bonchev–Trinajstić information content (AvgIpc) is 3.06. The highest BCUT2D eigenvalue weighted by Crippen LogP contribution is 2.26. The van der Waals surface area contributed by atoms with Gasteiger partial charge in [0.1, 0.15) is 9.81 Å². The van der Waals surface area contributed by atoms with E-state index in [1.165, 1.54) is 15.6 Å². The van der Waals surface area contributed by atoms with Crippen molar-refractivity contribution in [1.82, 2.24) is 9.62 Å². The van der Waals surface area contributed by atoms with Gasteiger partial charge in [-0.1, -0.05) is 6.07 Å². The monoisotopic (exact) mass is 346 g/mol. The summed E-state index contributed by atoms with van der Waals surface area (Å²) in [7, 11) is -3.39. The molecule has 0 aliphatic carbocycles. The first-order valence-corrected chi connectivity index (χ1v) is 9.51. The van der Waals surface area contributed by atoms with Crippen LogP contribution in [-0.4, -0.2) is 44.1 Å². The van der Waals surface area contributed by atoms with Crippen molar-refractivity contribution in [1.29, 1.82) is 0 Å². The number of amides is 1. The summed E-state index contributed by atoms with van der Waals surface area (Å²) in [6, 6.07) is 3.35. The molecule has 2 rings (SSSR count). The van der Waals surface area contributed by atoms with Gasteiger partial charge in [0.2, 0.25) is 0 Å². The zero-order valence-corrected chi connectivity index (χ0v) is 14.7. The molecular weight excluding hydrogens is 324 g/mol. The first kappa shape index (κ1) is 17.2. The van der Waals surface area contributed by atoms with Crippen LogP contribution in [0.25, 0.3) is 0 Å². The molecule has 1 N–H and O–H groups in total. The number of nitrogens with one attached hydrogen (secondary N) is 1. The van der Waals surface area contributed by atoms with E-state index in [9.17, 15) is 13.2 Å². The molecule has 124 valence electrons. The molecule has 0 spiro atoms. The third-order valence-corrected chi connectivity index (χ3v) is 6.51. The molecule has 1 amide bonds. The maximum absolute atomic E-state index is 12.4. The van der Waals surface area contributed by atoms with E-state index >= 15 is 0 Å². The molecule has 1 aliphatic heterocycles. The molecule has 1 aromatic rings. The van der Waals surface area contributed by atoms with Crippen molar-refractivity contribution in [2.75, 3.05) is 19.6 Å². The van der Waals surface area contributed by atoms with Crippen LogP contribution in [0.4, 0.5) is 4.79 Å². The number of ether oxygens (including phenoxy) is 1. The second-order valence-electron chi connectivity index (χ2n) is 6.33. The first-order chi connectivity index (χ1) is 10.2. The number of rotatable bonds is 4. The summed E-state index contributed by atoms with van der Waals surface area (Å²) < 4.78 is 31.8. The van der Waals surface area contributed by atoms with Crippen LogP contribution in [0, 0.1) is 5.92 Å². The Morgan fingerprint density at radius 1 is 1.50 bits per heavy atom. The minimum Gasteiger partial charge on any atom is -0.444 e. The van der Waals surface area contributed by atoms with Crippen molar-refractivity contribution in [2.45, 2.75) is 37.0 Å². The maximum atomic E-state index is 12.4. The average molecular weight is 346 g/mol. The van der Waals surface area contributed by atoms with Crippen LogP contribution in [0.15, 0.2) is 21.7 Å². The van der Waals surface area contributed by atoms with Gasteiger partial charge in [0.15, 0.2) is 0 Å². The van der Waals surface area contributed by atoms with Crippen molar-refractivity contribution < 1.29 is 17.9 Å². The van der Waals surface area contributed by atoms with E-state index in [-0.39, 0.29) is 5.92 Å². The molecule has 1 saturated heterocycles. The Morgan fingerprint density at radius 2 is 2.23 bits per heavy atom. The number of nitrogens with zero attached hydrogens (tertiary/aromatic N) is 1. The lowest BCUT2D eigenvalue weighted by molar-refractivity contribution is 0.0520. The van der Waals surface area contributed by atoms with Gasteiger partial charge in [-0.15, -0.1) is 11.3 Å². The molecule has 2 heterocycles. The van der Waals surface area contributed by atoms with E-state index in [1.54, 1.807) is 38.3 Å². The van der Waals surface area contributed by atoms with Crippen LogP contribution in [0.2, 0.25) is 0 Å². The molecule has 1 aromatic heterocycles. The normalized spacial score (nSPS) is 20.0. The van der Waals surface area contributed by atoms with Crippen LogP contribution in [-0.2, 0) is 14.8 Å². The number of carbonyl (C=O) groups is 1. The fraction of sp³-hybridized carbons (Fsp3) is 0.643. The Bertz CT molecular complexity index is 605. The quantitative estimate of drug-likeness (QED) is 0.907.